The van der Waals surface area contributed by atoms with Gasteiger partial charge in [0.1, 0.15) is 0 Å². The van der Waals surface area contributed by atoms with Crippen molar-refractivity contribution in [3.05, 3.63) is 42.9 Å². The lowest BCUT2D eigenvalue weighted by Crippen LogP contribution is -1.95. The molecule has 1 saturated carbocycles. The second-order valence-electron chi connectivity index (χ2n) is 5.52. The van der Waals surface area contributed by atoms with Gasteiger partial charge in [0.15, 0.2) is 5.65 Å². The monoisotopic (exact) mass is 438 g/mol. The minimum atomic E-state index is 0.725. The van der Waals surface area contributed by atoms with Crippen molar-refractivity contribution in [2.24, 2.45) is 0 Å². The van der Waals surface area contributed by atoms with Crippen LogP contribution in [0.5, 0.6) is 0 Å². The average molecular weight is 438 g/mol. The molecule has 6 heteroatoms. The second-order valence-corrected chi connectivity index (χ2v) is 7.23. The number of hydrogen-bond donors (Lipinski definition) is 1. The van der Waals surface area contributed by atoms with Crippen molar-refractivity contribution in [2.45, 2.75) is 32.1 Å². The number of fused-ring (bicyclic) bond motifs is 1. The Balaban J connectivity index is 0.000000267. The maximum absolute atomic E-state index is 6.21. The van der Waals surface area contributed by atoms with Gasteiger partial charge in [0.2, 0.25) is 0 Å². The molecule has 4 nitrogen and oxygen atoms in total. The first-order chi connectivity index (χ1) is 11.3. The highest BCUT2D eigenvalue weighted by Gasteiger charge is 2.11. The highest BCUT2D eigenvalue weighted by Crippen LogP contribution is 2.32. The molecule has 0 unspecified atom stereocenters. The Bertz CT molecular complexity index is 761. The summed E-state index contributed by atoms with van der Waals surface area (Å²) in [7, 11) is 1.57. The van der Waals surface area contributed by atoms with E-state index in [4.69, 9.17) is 5.73 Å². The van der Waals surface area contributed by atoms with E-state index in [1.807, 2.05) is 34.4 Å². The molecule has 3 aromatic heterocycles. The van der Waals surface area contributed by atoms with Crippen molar-refractivity contribution in [3.63, 3.8) is 0 Å². The second kappa shape index (κ2) is 8.01. The van der Waals surface area contributed by atoms with Crippen LogP contribution >= 0.6 is 30.3 Å². The van der Waals surface area contributed by atoms with Gasteiger partial charge in [0.05, 0.1) is 11.4 Å². The molecule has 0 spiro atoms. The summed E-state index contributed by atoms with van der Waals surface area (Å²) in [6.07, 6.45) is 13.0. The van der Waals surface area contributed by atoms with Crippen LogP contribution in [-0.2, 0) is 0 Å². The number of nitrogens with two attached hydrogens (primary N) is 1. The smallest absolute Gasteiger partial charge is 0.152 e. The molecule has 3 aromatic rings. The van der Waals surface area contributed by atoms with Crippen LogP contribution in [0.3, 0.4) is 0 Å². The molecule has 0 atom stereocenters. The van der Waals surface area contributed by atoms with Crippen LogP contribution in [0, 0.1) is 0 Å². The molecule has 1 fully saturated rings. The van der Waals surface area contributed by atoms with E-state index in [1.165, 1.54) is 32.1 Å². The number of aromatic nitrogens is 3. The van der Waals surface area contributed by atoms with E-state index in [2.05, 4.69) is 31.2 Å². The summed E-state index contributed by atoms with van der Waals surface area (Å²) < 4.78 is 1.98. The topological polar surface area (TPSA) is 56.7 Å². The van der Waals surface area contributed by atoms with Gasteiger partial charge in [-0.15, -0.1) is 0 Å². The summed E-state index contributed by atoms with van der Waals surface area (Å²) in [5, 5.41) is 0.960. The Morgan fingerprint density at radius 3 is 2.39 bits per heavy atom. The highest BCUT2D eigenvalue weighted by atomic mass is 127. The van der Waals surface area contributed by atoms with Gasteiger partial charge in [-0.05, 0) is 18.2 Å². The Hall–Kier alpha value is -1.28. The molecule has 2 N–H and O–H groups in total. The Morgan fingerprint density at radius 1 is 1.04 bits per heavy atom. The van der Waals surface area contributed by atoms with E-state index < -0.39 is 0 Å². The van der Waals surface area contributed by atoms with Crippen LogP contribution in [0.2, 0.25) is 0 Å². The Labute approximate surface area is 152 Å². The normalized spacial score (nSPS) is 13.8. The van der Waals surface area contributed by atoms with E-state index in [9.17, 15) is 0 Å². The van der Waals surface area contributed by atoms with Gasteiger partial charge in [-0.3, -0.25) is 8.96 Å². The zero-order valence-corrected chi connectivity index (χ0v) is 15.8. The largest absolute Gasteiger partial charge is 0.398 e. The first kappa shape index (κ1) is 16.6. The standard InChI is InChI=1S/C12H9IN4S.C5H10/c13-18-17-6-4-8-11(14)9(7-16-12(8)17)10-3-1-2-5-15-10;1-2-4-5-3-1/h1-7H,(H2,14,16);1-5H2. The predicted octanol–water partition coefficient (Wildman–Crippen LogP) is 5.48. The third-order valence-corrected chi connectivity index (χ3v) is 5.70. The zero-order chi connectivity index (χ0) is 16.1. The summed E-state index contributed by atoms with van der Waals surface area (Å²) in [6.45, 7) is 0. The maximum Gasteiger partial charge on any atom is 0.152 e. The molecule has 0 amide bonds. The van der Waals surface area contributed by atoms with Crippen LogP contribution in [0.15, 0.2) is 42.9 Å². The van der Waals surface area contributed by atoms with Crippen LogP contribution < -0.4 is 5.73 Å². The van der Waals surface area contributed by atoms with Crippen molar-refractivity contribution in [1.82, 2.24) is 13.9 Å². The van der Waals surface area contributed by atoms with E-state index in [0.29, 0.717) is 0 Å². The number of halogens is 1. The molecular formula is C17H19IN4S. The fraction of sp³-hybridized carbons (Fsp3) is 0.294. The van der Waals surface area contributed by atoms with Crippen LogP contribution in [0.25, 0.3) is 22.3 Å². The van der Waals surface area contributed by atoms with Gasteiger partial charge in [0.25, 0.3) is 0 Å². The lowest BCUT2D eigenvalue weighted by Gasteiger charge is -2.06. The molecule has 1 aliphatic carbocycles. The third kappa shape index (κ3) is 3.80. The van der Waals surface area contributed by atoms with Gasteiger partial charge >= 0.3 is 0 Å². The van der Waals surface area contributed by atoms with Gasteiger partial charge in [-0.1, -0.05) is 38.2 Å². The first-order valence-corrected chi connectivity index (χ1v) is 11.1. The Morgan fingerprint density at radius 2 is 1.78 bits per heavy atom. The predicted molar refractivity (Wildman–Crippen MR) is 107 cm³/mol. The quantitative estimate of drug-likeness (QED) is 0.539. The molecule has 3 heterocycles. The summed E-state index contributed by atoms with van der Waals surface area (Å²) in [5.74, 6) is 0. The van der Waals surface area contributed by atoms with Crippen LogP contribution in [0.1, 0.15) is 32.1 Å². The van der Waals surface area contributed by atoms with E-state index in [0.717, 1.165) is 28.0 Å². The highest BCUT2D eigenvalue weighted by molar-refractivity contribution is 14.2. The van der Waals surface area contributed by atoms with E-state index >= 15 is 0 Å². The number of nitrogens with zero attached hydrogens (tertiary/aromatic N) is 3. The minimum absolute atomic E-state index is 0.725. The molecular weight excluding hydrogens is 419 g/mol. The summed E-state index contributed by atoms with van der Waals surface area (Å²) in [6, 6.07) is 7.74. The maximum atomic E-state index is 6.21. The first-order valence-electron chi connectivity index (χ1n) is 7.77. The lowest BCUT2D eigenvalue weighted by atomic mass is 10.1. The molecule has 1 aliphatic rings. The van der Waals surface area contributed by atoms with E-state index in [1.54, 1.807) is 21.5 Å². The third-order valence-electron chi connectivity index (χ3n) is 3.99. The SMILES string of the molecule is C1CCCC1.Nc1c(-c2ccccn2)cnc2c1ccn2SI. The van der Waals surface area contributed by atoms with Crippen LogP contribution in [0.4, 0.5) is 5.69 Å². The molecule has 23 heavy (non-hydrogen) atoms. The summed E-state index contributed by atoms with van der Waals surface area (Å²) in [5.41, 5.74) is 9.54. The molecule has 0 aliphatic heterocycles. The average Bonchev–Trinajstić information content (AvgIpc) is 3.29. The minimum Gasteiger partial charge on any atom is -0.398 e. The molecule has 0 radical (unpaired) electrons. The lowest BCUT2D eigenvalue weighted by molar-refractivity contribution is 0.886. The number of pyridine rings is 2. The summed E-state index contributed by atoms with van der Waals surface area (Å²) >= 11 is 2.22. The summed E-state index contributed by atoms with van der Waals surface area (Å²) in [4.78, 5) is 8.78. The Kier molecular flexibility index (Phi) is 5.77. The van der Waals surface area contributed by atoms with Crippen LogP contribution in [-0.4, -0.2) is 13.9 Å². The van der Waals surface area contributed by atoms with Gasteiger partial charge in [-0.2, -0.15) is 0 Å². The molecule has 0 bridgehead atoms. The number of nitrogen functional groups attached to an aromatic ring is 1. The molecule has 120 valence electrons. The zero-order valence-electron chi connectivity index (χ0n) is 12.8. The van der Waals surface area contributed by atoms with E-state index in [-0.39, 0.29) is 0 Å². The van der Waals surface area contributed by atoms with Gasteiger partial charge < -0.3 is 5.73 Å². The number of anilines is 1. The molecule has 0 saturated heterocycles. The van der Waals surface area contributed by atoms with Crippen molar-refractivity contribution >= 4 is 47.0 Å². The van der Waals surface area contributed by atoms with Gasteiger partial charge in [-0.25, -0.2) is 4.98 Å². The van der Waals surface area contributed by atoms with Gasteiger partial charge in [0, 0.05) is 59.9 Å². The van der Waals surface area contributed by atoms with Crippen molar-refractivity contribution < 1.29 is 0 Å². The number of rotatable bonds is 2. The number of hydrogen-bond acceptors (Lipinski definition) is 4. The van der Waals surface area contributed by atoms with Crippen molar-refractivity contribution in [2.75, 3.05) is 5.73 Å². The molecule has 4 rings (SSSR count). The van der Waals surface area contributed by atoms with Crippen molar-refractivity contribution in [3.8, 4) is 11.3 Å². The molecule has 0 aromatic carbocycles. The van der Waals surface area contributed by atoms with Crippen molar-refractivity contribution in [1.29, 1.82) is 0 Å². The fourth-order valence-corrected chi connectivity index (χ4v) is 4.02. The fourth-order valence-electron chi connectivity index (χ4n) is 2.75.